The van der Waals surface area contributed by atoms with Gasteiger partial charge in [0.15, 0.2) is 15.6 Å². The summed E-state index contributed by atoms with van der Waals surface area (Å²) in [7, 11) is -3.51. The summed E-state index contributed by atoms with van der Waals surface area (Å²) in [5, 5.41) is -0.807. The second-order valence-corrected chi connectivity index (χ2v) is 7.79. The number of hydrogen-bond donors (Lipinski definition) is 0. The van der Waals surface area contributed by atoms with E-state index in [0.29, 0.717) is 6.42 Å². The van der Waals surface area contributed by atoms with Gasteiger partial charge in [0.25, 0.3) is 0 Å². The van der Waals surface area contributed by atoms with Crippen molar-refractivity contribution in [3.63, 3.8) is 0 Å². The molecule has 0 aromatic heterocycles. The van der Waals surface area contributed by atoms with Gasteiger partial charge in [-0.25, -0.2) is 8.42 Å². The van der Waals surface area contributed by atoms with E-state index < -0.39 is 15.1 Å². The molecule has 18 heavy (non-hydrogen) atoms. The zero-order chi connectivity index (χ0) is 13.0. The summed E-state index contributed by atoms with van der Waals surface area (Å²) in [6, 6.07) is 8.34. The summed E-state index contributed by atoms with van der Waals surface area (Å²) in [4.78, 5) is 12.4. The third-order valence-corrected chi connectivity index (χ3v) is 6.78. The van der Waals surface area contributed by atoms with Crippen molar-refractivity contribution in [2.24, 2.45) is 11.3 Å². The Labute approximate surface area is 107 Å². The standard InChI is InChI=1S/C14H16O3S/c1-14-8-7-11(14)13(12(15)9-14)18(16,17)10-5-3-2-4-6-10/h2-6,11,13H,7-9H2,1H3/t11-,13-,14-/m0/s1. The largest absolute Gasteiger partial charge is 0.298 e. The number of hydrogen-bond acceptors (Lipinski definition) is 3. The number of Topliss-reactive ketones (excluding diaryl/α,β-unsaturated/α-hetero) is 1. The fourth-order valence-electron chi connectivity index (χ4n) is 3.41. The molecule has 0 heterocycles. The van der Waals surface area contributed by atoms with Crippen molar-refractivity contribution in [1.82, 2.24) is 0 Å². The smallest absolute Gasteiger partial charge is 0.188 e. The summed E-state index contributed by atoms with van der Waals surface area (Å²) in [5.41, 5.74) is -0.0659. The first kappa shape index (κ1) is 11.9. The van der Waals surface area contributed by atoms with Crippen LogP contribution in [0, 0.1) is 11.3 Å². The Morgan fingerprint density at radius 2 is 1.89 bits per heavy atom. The lowest BCUT2D eigenvalue weighted by Gasteiger charge is -2.43. The molecule has 0 amide bonds. The van der Waals surface area contributed by atoms with Gasteiger partial charge in [-0.2, -0.15) is 0 Å². The van der Waals surface area contributed by atoms with Gasteiger partial charge in [0.05, 0.1) is 4.90 Å². The summed E-state index contributed by atoms with van der Waals surface area (Å²) in [6.07, 6.45) is 2.26. The normalized spacial score (nSPS) is 35.1. The molecule has 3 rings (SSSR count). The minimum absolute atomic E-state index is 0.0233. The van der Waals surface area contributed by atoms with Crippen LogP contribution in [0.15, 0.2) is 35.2 Å². The maximum Gasteiger partial charge on any atom is 0.188 e. The first-order chi connectivity index (χ1) is 8.45. The summed E-state index contributed by atoms with van der Waals surface area (Å²) in [6.45, 7) is 2.04. The lowest BCUT2D eigenvalue weighted by atomic mass is 9.63. The highest BCUT2D eigenvalue weighted by Crippen LogP contribution is 2.58. The van der Waals surface area contributed by atoms with Gasteiger partial charge in [0.1, 0.15) is 5.25 Å². The van der Waals surface area contributed by atoms with Crippen LogP contribution in [-0.2, 0) is 14.6 Å². The Hall–Kier alpha value is -1.16. The molecular formula is C14H16O3S. The molecule has 0 saturated heterocycles. The highest BCUT2D eigenvalue weighted by Gasteiger charge is 2.60. The molecule has 4 heteroatoms. The molecule has 2 aliphatic rings. The van der Waals surface area contributed by atoms with Crippen LogP contribution in [0.3, 0.4) is 0 Å². The Kier molecular flexibility index (Phi) is 2.43. The van der Waals surface area contributed by atoms with E-state index in [1.165, 1.54) is 0 Å². The number of carbonyl (C=O) groups excluding carboxylic acids is 1. The van der Waals surface area contributed by atoms with Gasteiger partial charge in [-0.3, -0.25) is 4.79 Å². The van der Waals surface area contributed by atoms with E-state index in [4.69, 9.17) is 0 Å². The molecule has 0 spiro atoms. The fraction of sp³-hybridized carbons (Fsp3) is 0.500. The van der Waals surface area contributed by atoms with Crippen LogP contribution < -0.4 is 0 Å². The van der Waals surface area contributed by atoms with Crippen LogP contribution in [-0.4, -0.2) is 19.5 Å². The van der Waals surface area contributed by atoms with Crippen molar-refractivity contribution >= 4 is 15.6 Å². The molecule has 2 saturated carbocycles. The zero-order valence-corrected chi connectivity index (χ0v) is 11.1. The number of ketones is 1. The van der Waals surface area contributed by atoms with Crippen molar-refractivity contribution < 1.29 is 13.2 Å². The molecule has 0 radical (unpaired) electrons. The molecule has 96 valence electrons. The summed E-state index contributed by atoms with van der Waals surface area (Å²) in [5.74, 6) is -0.0703. The molecule has 1 aromatic rings. The lowest BCUT2D eigenvalue weighted by Crippen LogP contribution is -2.41. The van der Waals surface area contributed by atoms with E-state index in [0.717, 1.165) is 12.8 Å². The topological polar surface area (TPSA) is 51.2 Å². The number of carbonyl (C=O) groups is 1. The van der Waals surface area contributed by atoms with Crippen LogP contribution in [0.5, 0.6) is 0 Å². The van der Waals surface area contributed by atoms with Crippen LogP contribution in [0.25, 0.3) is 0 Å². The first-order valence-corrected chi connectivity index (χ1v) is 7.81. The molecule has 3 atom stereocenters. The van der Waals surface area contributed by atoms with E-state index in [1.807, 2.05) is 6.92 Å². The van der Waals surface area contributed by atoms with Crippen LogP contribution in [0.1, 0.15) is 26.2 Å². The molecule has 0 unspecified atom stereocenters. The van der Waals surface area contributed by atoms with E-state index in [2.05, 4.69) is 0 Å². The Morgan fingerprint density at radius 1 is 1.22 bits per heavy atom. The SMILES string of the molecule is C[C@@]12CC[C@H]1[C@H](S(=O)(=O)c1ccccc1)C(=O)C2. The molecule has 0 N–H and O–H groups in total. The average Bonchev–Trinajstić information content (AvgIpc) is 2.51. The lowest BCUT2D eigenvalue weighted by molar-refractivity contribution is -0.117. The van der Waals surface area contributed by atoms with Crippen molar-refractivity contribution in [3.8, 4) is 0 Å². The van der Waals surface area contributed by atoms with Crippen molar-refractivity contribution in [2.75, 3.05) is 0 Å². The predicted molar refractivity (Wildman–Crippen MR) is 67.9 cm³/mol. The predicted octanol–water partition coefficient (Wildman–Crippen LogP) is 2.22. The highest BCUT2D eigenvalue weighted by atomic mass is 32.2. The number of rotatable bonds is 2. The maximum atomic E-state index is 12.6. The number of fused-ring (bicyclic) bond motifs is 1. The van der Waals surface area contributed by atoms with E-state index in [-0.39, 0.29) is 22.0 Å². The molecular weight excluding hydrogens is 248 g/mol. The molecule has 2 fully saturated rings. The van der Waals surface area contributed by atoms with Crippen LogP contribution in [0.4, 0.5) is 0 Å². The minimum Gasteiger partial charge on any atom is -0.298 e. The van der Waals surface area contributed by atoms with Gasteiger partial charge < -0.3 is 0 Å². The molecule has 2 aliphatic carbocycles. The summed E-state index contributed by atoms with van der Waals surface area (Å²) < 4.78 is 25.1. The van der Waals surface area contributed by atoms with Crippen molar-refractivity contribution in [3.05, 3.63) is 30.3 Å². The first-order valence-electron chi connectivity index (χ1n) is 6.27. The monoisotopic (exact) mass is 264 g/mol. The molecule has 1 aromatic carbocycles. The average molecular weight is 264 g/mol. The Bertz CT molecular complexity index is 591. The van der Waals surface area contributed by atoms with Gasteiger partial charge >= 0.3 is 0 Å². The van der Waals surface area contributed by atoms with Gasteiger partial charge in [0, 0.05) is 6.42 Å². The van der Waals surface area contributed by atoms with Crippen LogP contribution >= 0.6 is 0 Å². The van der Waals surface area contributed by atoms with Gasteiger partial charge in [0.2, 0.25) is 0 Å². The second-order valence-electron chi connectivity index (χ2n) is 5.72. The van der Waals surface area contributed by atoms with Gasteiger partial charge in [-0.15, -0.1) is 0 Å². The van der Waals surface area contributed by atoms with E-state index in [9.17, 15) is 13.2 Å². The third-order valence-electron chi connectivity index (χ3n) is 4.59. The Morgan fingerprint density at radius 3 is 2.39 bits per heavy atom. The van der Waals surface area contributed by atoms with Gasteiger partial charge in [-0.05, 0) is 36.3 Å². The van der Waals surface area contributed by atoms with Crippen molar-refractivity contribution in [1.29, 1.82) is 0 Å². The molecule has 3 nitrogen and oxygen atoms in total. The maximum absolute atomic E-state index is 12.6. The summed E-state index contributed by atoms with van der Waals surface area (Å²) >= 11 is 0. The number of benzene rings is 1. The second kappa shape index (κ2) is 3.67. The highest BCUT2D eigenvalue weighted by molar-refractivity contribution is 7.92. The molecule has 0 bridgehead atoms. The minimum atomic E-state index is -3.51. The van der Waals surface area contributed by atoms with Gasteiger partial charge in [-0.1, -0.05) is 25.1 Å². The zero-order valence-electron chi connectivity index (χ0n) is 10.3. The fourth-order valence-corrected chi connectivity index (χ4v) is 5.57. The van der Waals surface area contributed by atoms with E-state index in [1.54, 1.807) is 30.3 Å². The third kappa shape index (κ3) is 1.48. The van der Waals surface area contributed by atoms with E-state index >= 15 is 0 Å². The van der Waals surface area contributed by atoms with Crippen molar-refractivity contribution in [2.45, 2.75) is 36.3 Å². The van der Waals surface area contributed by atoms with Crippen LogP contribution in [0.2, 0.25) is 0 Å². The number of sulfone groups is 1. The quantitative estimate of drug-likeness (QED) is 0.823. The Balaban J connectivity index is 2.03. The molecule has 0 aliphatic heterocycles.